The van der Waals surface area contributed by atoms with Crippen LogP contribution in [0.1, 0.15) is 50.4 Å². The molecule has 1 aromatic heterocycles. The van der Waals surface area contributed by atoms with Crippen LogP contribution < -0.4 is 5.32 Å². The number of rotatable bonds is 8. The fraction of sp³-hybridized carbons (Fsp3) is 0.733. The van der Waals surface area contributed by atoms with Crippen LogP contribution in [-0.4, -0.2) is 32.4 Å². The summed E-state index contributed by atoms with van der Waals surface area (Å²) in [4.78, 5) is 11.5. The van der Waals surface area contributed by atoms with Gasteiger partial charge in [-0.15, -0.1) is 0 Å². The van der Waals surface area contributed by atoms with Gasteiger partial charge in [-0.1, -0.05) is 11.6 Å². The van der Waals surface area contributed by atoms with Gasteiger partial charge in [-0.2, -0.15) is 5.10 Å². The number of hydrogen-bond acceptors (Lipinski definition) is 3. The number of unbranched alkanes of at least 4 members (excludes halogenated alkanes) is 1. The van der Waals surface area contributed by atoms with E-state index < -0.39 is 11.5 Å². The summed E-state index contributed by atoms with van der Waals surface area (Å²) in [5, 5.41) is 17.8. The number of carbonyl (C=O) groups is 1. The normalized spacial score (nSPS) is 17.7. The van der Waals surface area contributed by atoms with Crippen LogP contribution in [-0.2, 0) is 11.3 Å². The van der Waals surface area contributed by atoms with Crippen molar-refractivity contribution >= 4 is 17.6 Å². The van der Waals surface area contributed by atoms with Crippen LogP contribution >= 0.6 is 11.6 Å². The zero-order valence-corrected chi connectivity index (χ0v) is 13.7. The average Bonchev–Trinajstić information content (AvgIpc) is 3.19. The fourth-order valence-corrected chi connectivity index (χ4v) is 2.69. The molecule has 21 heavy (non-hydrogen) atoms. The van der Waals surface area contributed by atoms with Gasteiger partial charge in [0.25, 0.3) is 0 Å². The van der Waals surface area contributed by atoms with E-state index in [1.807, 2.05) is 18.5 Å². The summed E-state index contributed by atoms with van der Waals surface area (Å²) >= 11 is 6.12. The van der Waals surface area contributed by atoms with Crippen molar-refractivity contribution < 1.29 is 9.90 Å². The Hall–Kier alpha value is -1.07. The number of nitrogens with zero attached hydrogens (tertiary/aromatic N) is 2. The minimum Gasteiger partial charge on any atom is -0.480 e. The summed E-state index contributed by atoms with van der Waals surface area (Å²) in [6, 6.07) is 0.390. The van der Waals surface area contributed by atoms with Gasteiger partial charge in [0.1, 0.15) is 5.54 Å². The third-order valence-corrected chi connectivity index (χ3v) is 4.71. The van der Waals surface area contributed by atoms with E-state index in [9.17, 15) is 9.90 Å². The molecule has 5 nitrogen and oxygen atoms in total. The van der Waals surface area contributed by atoms with Crippen molar-refractivity contribution in [3.8, 4) is 0 Å². The largest absolute Gasteiger partial charge is 0.480 e. The highest BCUT2D eigenvalue weighted by molar-refractivity contribution is 6.31. The van der Waals surface area contributed by atoms with E-state index in [2.05, 4.69) is 10.4 Å². The van der Waals surface area contributed by atoms with E-state index in [0.717, 1.165) is 48.6 Å². The van der Waals surface area contributed by atoms with Gasteiger partial charge in [-0.25, -0.2) is 0 Å². The number of carboxylic acid groups (broad SMARTS) is 1. The van der Waals surface area contributed by atoms with Crippen molar-refractivity contribution in [1.29, 1.82) is 0 Å². The summed E-state index contributed by atoms with van der Waals surface area (Å²) < 4.78 is 1.91. The fourth-order valence-electron chi connectivity index (χ4n) is 2.55. The molecule has 1 fully saturated rings. The maximum Gasteiger partial charge on any atom is 0.323 e. The Morgan fingerprint density at radius 1 is 1.48 bits per heavy atom. The Kier molecular flexibility index (Phi) is 4.94. The number of halogens is 1. The zero-order valence-electron chi connectivity index (χ0n) is 12.9. The molecule has 1 aliphatic rings. The van der Waals surface area contributed by atoms with Gasteiger partial charge in [-0.3, -0.25) is 14.8 Å². The molecule has 1 saturated carbocycles. The second kappa shape index (κ2) is 6.36. The second-order valence-corrected chi connectivity index (χ2v) is 6.60. The smallest absolute Gasteiger partial charge is 0.323 e. The van der Waals surface area contributed by atoms with E-state index >= 15 is 0 Å². The van der Waals surface area contributed by atoms with Crippen LogP contribution in [0.3, 0.4) is 0 Å². The minimum atomic E-state index is -0.812. The number of nitrogens with one attached hydrogen (secondary N) is 1. The lowest BCUT2D eigenvalue weighted by Gasteiger charge is -2.26. The van der Waals surface area contributed by atoms with Crippen molar-refractivity contribution in [2.24, 2.45) is 0 Å². The quantitative estimate of drug-likeness (QED) is 0.724. The Morgan fingerprint density at radius 3 is 2.62 bits per heavy atom. The Bertz CT molecular complexity index is 525. The lowest BCUT2D eigenvalue weighted by molar-refractivity contribution is -0.144. The van der Waals surface area contributed by atoms with Crippen LogP contribution in [0.15, 0.2) is 0 Å². The molecule has 118 valence electrons. The number of aryl methyl sites for hydroxylation is 2. The Morgan fingerprint density at radius 2 is 2.14 bits per heavy atom. The van der Waals surface area contributed by atoms with Crippen molar-refractivity contribution in [3.63, 3.8) is 0 Å². The molecular weight excluding hydrogens is 290 g/mol. The maximum atomic E-state index is 11.5. The van der Waals surface area contributed by atoms with Crippen molar-refractivity contribution in [2.75, 3.05) is 0 Å². The van der Waals surface area contributed by atoms with Crippen LogP contribution in [0, 0.1) is 13.8 Å². The van der Waals surface area contributed by atoms with Gasteiger partial charge in [0.15, 0.2) is 0 Å². The first-order chi connectivity index (χ1) is 9.83. The number of hydrogen-bond donors (Lipinski definition) is 2. The van der Waals surface area contributed by atoms with Gasteiger partial charge in [0.05, 0.1) is 16.4 Å². The van der Waals surface area contributed by atoms with Crippen LogP contribution in [0.2, 0.25) is 5.02 Å². The second-order valence-electron chi connectivity index (χ2n) is 6.22. The molecule has 0 saturated heterocycles. The summed E-state index contributed by atoms with van der Waals surface area (Å²) in [7, 11) is 0. The summed E-state index contributed by atoms with van der Waals surface area (Å²) in [5.74, 6) is -0.761. The molecule has 0 aromatic carbocycles. The van der Waals surface area contributed by atoms with Gasteiger partial charge >= 0.3 is 5.97 Å². The maximum absolute atomic E-state index is 11.5. The van der Waals surface area contributed by atoms with E-state index in [4.69, 9.17) is 11.6 Å². The Balaban J connectivity index is 1.82. The van der Waals surface area contributed by atoms with Gasteiger partial charge < -0.3 is 5.11 Å². The third kappa shape index (κ3) is 3.98. The van der Waals surface area contributed by atoms with E-state index in [0.29, 0.717) is 12.5 Å². The van der Waals surface area contributed by atoms with Gasteiger partial charge in [-0.05, 0) is 52.9 Å². The lowest BCUT2D eigenvalue weighted by Crippen LogP contribution is -2.50. The number of aliphatic carboxylic acids is 1. The molecule has 1 heterocycles. The average molecular weight is 314 g/mol. The lowest BCUT2D eigenvalue weighted by atomic mass is 9.94. The molecule has 0 spiro atoms. The van der Waals surface area contributed by atoms with E-state index in [1.165, 1.54) is 0 Å². The van der Waals surface area contributed by atoms with E-state index in [1.54, 1.807) is 6.92 Å². The predicted molar refractivity (Wildman–Crippen MR) is 82.8 cm³/mol. The topological polar surface area (TPSA) is 67.2 Å². The molecule has 0 bridgehead atoms. The molecule has 1 atom stereocenters. The van der Waals surface area contributed by atoms with Crippen molar-refractivity contribution in [2.45, 2.75) is 71.0 Å². The molecule has 6 heteroatoms. The van der Waals surface area contributed by atoms with Crippen molar-refractivity contribution in [1.82, 2.24) is 15.1 Å². The van der Waals surface area contributed by atoms with E-state index in [-0.39, 0.29) is 0 Å². The number of aromatic nitrogens is 2. The molecule has 0 amide bonds. The summed E-state index contributed by atoms with van der Waals surface area (Å²) in [6.07, 6.45) is 4.55. The number of carboxylic acids is 1. The zero-order chi connectivity index (χ0) is 15.6. The van der Waals surface area contributed by atoms with Gasteiger partial charge in [0.2, 0.25) is 0 Å². The molecule has 1 unspecified atom stereocenters. The molecule has 2 rings (SSSR count). The first kappa shape index (κ1) is 16.3. The first-order valence-corrected chi connectivity index (χ1v) is 7.92. The molecule has 2 N–H and O–H groups in total. The molecular formula is C15H24ClN3O2. The minimum absolute atomic E-state index is 0.390. The highest BCUT2D eigenvalue weighted by Crippen LogP contribution is 2.26. The monoisotopic (exact) mass is 313 g/mol. The molecule has 0 radical (unpaired) electrons. The van der Waals surface area contributed by atoms with Crippen LogP contribution in [0.4, 0.5) is 0 Å². The van der Waals surface area contributed by atoms with Gasteiger partial charge in [0, 0.05) is 12.6 Å². The summed E-state index contributed by atoms with van der Waals surface area (Å²) in [5.41, 5.74) is 1.01. The van der Waals surface area contributed by atoms with Crippen LogP contribution in [0.25, 0.3) is 0 Å². The van der Waals surface area contributed by atoms with Crippen molar-refractivity contribution in [3.05, 3.63) is 16.4 Å². The molecule has 1 aromatic rings. The molecule has 0 aliphatic heterocycles. The molecule has 1 aliphatic carbocycles. The standard InChI is InChI=1S/C15H24ClN3O2/c1-10-13(16)11(2)19(18-10)9-5-4-8-15(3,14(20)21)17-12-6-7-12/h12,17H,4-9H2,1-3H3,(H,20,21). The third-order valence-electron chi connectivity index (χ3n) is 4.16. The summed E-state index contributed by atoms with van der Waals surface area (Å²) in [6.45, 7) is 6.41. The first-order valence-electron chi connectivity index (χ1n) is 7.54. The predicted octanol–water partition coefficient (Wildman–Crippen LogP) is 2.92. The Labute approximate surface area is 130 Å². The highest BCUT2D eigenvalue weighted by atomic mass is 35.5. The SMILES string of the molecule is Cc1nn(CCCCC(C)(NC2CC2)C(=O)O)c(C)c1Cl. The van der Waals surface area contributed by atoms with Crippen LogP contribution in [0.5, 0.6) is 0 Å². The highest BCUT2D eigenvalue weighted by Gasteiger charge is 2.37.